The van der Waals surface area contributed by atoms with Crippen LogP contribution in [0.3, 0.4) is 0 Å². The summed E-state index contributed by atoms with van der Waals surface area (Å²) in [6.45, 7) is 0. The zero-order chi connectivity index (χ0) is 0. The van der Waals surface area contributed by atoms with Crippen molar-refractivity contribution in [2.75, 3.05) is 0 Å². The molecule has 53 valence electrons. The van der Waals surface area contributed by atoms with Gasteiger partial charge in [-0.2, -0.15) is 9.90 Å². The predicted molar refractivity (Wildman–Crippen MR) is 21.1 cm³/mol. The van der Waals surface area contributed by atoms with E-state index in [2.05, 4.69) is 0 Å². The SMILES string of the molecule is O.P.[CH3-].[Co].[Ni].[Ni]. The summed E-state index contributed by atoms with van der Waals surface area (Å²) < 4.78 is 0. The van der Waals surface area contributed by atoms with Crippen molar-refractivity contribution in [1.29, 1.82) is 0 Å². The van der Waals surface area contributed by atoms with Crippen molar-refractivity contribution < 1.29 is 55.2 Å². The molecular formula is CH8CoNi2OP-. The Morgan fingerprint density at radius 1 is 0.833 bits per heavy atom. The minimum absolute atomic E-state index is 0. The van der Waals surface area contributed by atoms with Crippen LogP contribution in [0.2, 0.25) is 0 Å². The molecular weight excluding hydrogens is 235 g/mol. The summed E-state index contributed by atoms with van der Waals surface area (Å²) in [6, 6.07) is 0. The van der Waals surface area contributed by atoms with Crippen molar-refractivity contribution in [2.24, 2.45) is 0 Å². The van der Waals surface area contributed by atoms with Gasteiger partial charge in [-0.1, -0.05) is 0 Å². The average molecular weight is 243 g/mol. The maximum Gasteiger partial charge on any atom is 0 e. The van der Waals surface area contributed by atoms with Gasteiger partial charge in [0, 0.05) is 49.8 Å². The third kappa shape index (κ3) is 39.6. The van der Waals surface area contributed by atoms with Crippen LogP contribution in [-0.2, 0) is 49.8 Å². The molecule has 0 bridgehead atoms. The molecule has 1 radical (unpaired) electrons. The fourth-order valence-corrected chi connectivity index (χ4v) is 0. The van der Waals surface area contributed by atoms with E-state index in [1.165, 1.54) is 0 Å². The van der Waals surface area contributed by atoms with Crippen LogP contribution in [0.1, 0.15) is 0 Å². The van der Waals surface area contributed by atoms with Crippen molar-refractivity contribution in [3.63, 3.8) is 0 Å². The minimum Gasteiger partial charge on any atom is -0.412 e. The molecule has 0 amide bonds. The normalized spacial score (nSPS) is 0. The average Bonchev–Trinajstić information content (AvgIpc) is 0. The van der Waals surface area contributed by atoms with E-state index in [4.69, 9.17) is 0 Å². The van der Waals surface area contributed by atoms with Crippen molar-refractivity contribution in [3.8, 4) is 0 Å². The molecule has 2 N–H and O–H groups in total. The zero-order valence-electron chi connectivity index (χ0n) is 3.17. The van der Waals surface area contributed by atoms with Gasteiger partial charge in [-0.15, -0.1) is 0 Å². The summed E-state index contributed by atoms with van der Waals surface area (Å²) in [7, 11) is 0. The van der Waals surface area contributed by atoms with E-state index in [0.717, 1.165) is 0 Å². The maximum absolute atomic E-state index is 0. The zero-order valence-corrected chi connectivity index (χ0v) is 7.60. The Kier molecular flexibility index (Phi) is 1180. The smallest absolute Gasteiger partial charge is 0 e. The van der Waals surface area contributed by atoms with Gasteiger partial charge in [0.1, 0.15) is 0 Å². The molecule has 0 saturated carbocycles. The maximum atomic E-state index is 0. The van der Waals surface area contributed by atoms with Crippen LogP contribution in [0.5, 0.6) is 0 Å². The fourth-order valence-electron chi connectivity index (χ4n) is 0. The van der Waals surface area contributed by atoms with Gasteiger partial charge in [-0.05, 0) is 0 Å². The third-order valence-electron chi connectivity index (χ3n) is 0. The second-order valence-corrected chi connectivity index (χ2v) is 0. The summed E-state index contributed by atoms with van der Waals surface area (Å²) in [5, 5.41) is 0. The number of rotatable bonds is 0. The first-order chi connectivity index (χ1) is 0. The van der Waals surface area contributed by atoms with E-state index in [0.29, 0.717) is 0 Å². The molecule has 0 aromatic carbocycles. The Morgan fingerprint density at radius 2 is 0.833 bits per heavy atom. The van der Waals surface area contributed by atoms with Gasteiger partial charge in [0.05, 0.1) is 0 Å². The number of hydrogen-bond acceptors (Lipinski definition) is 0. The van der Waals surface area contributed by atoms with Crippen LogP contribution >= 0.6 is 9.90 Å². The molecule has 0 fully saturated rings. The Bertz CT molecular complexity index is 13.5. The Labute approximate surface area is 72.4 Å². The Hall–Kier alpha value is 1.88. The van der Waals surface area contributed by atoms with Gasteiger partial charge in [-0.25, -0.2) is 0 Å². The fraction of sp³-hybridized carbons (Fsp3) is 0. The summed E-state index contributed by atoms with van der Waals surface area (Å²) in [6.07, 6.45) is 0. The van der Waals surface area contributed by atoms with Gasteiger partial charge < -0.3 is 12.9 Å². The van der Waals surface area contributed by atoms with E-state index < -0.39 is 0 Å². The van der Waals surface area contributed by atoms with Crippen molar-refractivity contribution >= 4 is 9.90 Å². The second kappa shape index (κ2) is 67.2. The molecule has 0 rings (SSSR count). The molecule has 1 nitrogen and oxygen atoms in total. The molecule has 0 aromatic heterocycles. The Morgan fingerprint density at radius 3 is 0.833 bits per heavy atom. The van der Waals surface area contributed by atoms with Crippen LogP contribution in [0.15, 0.2) is 0 Å². The Balaban J connectivity index is 0. The third-order valence-corrected chi connectivity index (χ3v) is 0. The van der Waals surface area contributed by atoms with Crippen LogP contribution in [0.25, 0.3) is 0 Å². The molecule has 0 saturated heterocycles. The summed E-state index contributed by atoms with van der Waals surface area (Å²) in [5.74, 6) is 0. The van der Waals surface area contributed by atoms with Gasteiger partial charge in [0.2, 0.25) is 0 Å². The van der Waals surface area contributed by atoms with Crippen LogP contribution in [0, 0.1) is 7.43 Å². The first-order valence-electron chi connectivity index (χ1n) is 0. The van der Waals surface area contributed by atoms with Gasteiger partial charge in [-0.3, -0.25) is 0 Å². The van der Waals surface area contributed by atoms with E-state index in [1.807, 2.05) is 0 Å². The van der Waals surface area contributed by atoms with Crippen molar-refractivity contribution in [1.82, 2.24) is 0 Å². The van der Waals surface area contributed by atoms with E-state index in [-0.39, 0.29) is 72.6 Å². The first kappa shape index (κ1) is 105. The monoisotopic (exact) mass is 242 g/mol. The molecule has 5 heteroatoms. The predicted octanol–water partition coefficient (Wildman–Crippen LogP) is -0.324. The number of hydrogen-bond donors (Lipinski definition) is 0. The van der Waals surface area contributed by atoms with Crippen LogP contribution < -0.4 is 0 Å². The molecule has 1 unspecified atom stereocenters. The quantitative estimate of drug-likeness (QED) is 0.317. The molecule has 0 aliphatic heterocycles. The molecule has 0 heterocycles. The largest absolute Gasteiger partial charge is 0.412 e. The molecule has 6 heavy (non-hydrogen) atoms. The second-order valence-electron chi connectivity index (χ2n) is 0. The topological polar surface area (TPSA) is 31.5 Å². The summed E-state index contributed by atoms with van der Waals surface area (Å²) >= 11 is 0. The molecule has 0 spiro atoms. The molecule has 0 aliphatic rings. The van der Waals surface area contributed by atoms with Crippen molar-refractivity contribution in [2.45, 2.75) is 0 Å². The standard InChI is InChI=1S/CH3.Co.2Ni.H2O.H3P/h1H3;;;;1H2;1H3/q-1;;;;;. The first-order valence-corrected chi connectivity index (χ1v) is 0. The van der Waals surface area contributed by atoms with Gasteiger partial charge in [0.15, 0.2) is 0 Å². The van der Waals surface area contributed by atoms with Crippen LogP contribution in [-0.4, -0.2) is 5.48 Å². The minimum atomic E-state index is 0. The van der Waals surface area contributed by atoms with E-state index >= 15 is 0 Å². The van der Waals surface area contributed by atoms with Crippen LogP contribution in [0.4, 0.5) is 0 Å². The molecule has 0 aromatic rings. The summed E-state index contributed by atoms with van der Waals surface area (Å²) in [5.41, 5.74) is 0. The molecule has 1 atom stereocenters. The van der Waals surface area contributed by atoms with E-state index in [1.54, 1.807) is 0 Å². The summed E-state index contributed by atoms with van der Waals surface area (Å²) in [4.78, 5) is 0. The van der Waals surface area contributed by atoms with Gasteiger partial charge >= 0.3 is 0 Å². The van der Waals surface area contributed by atoms with Crippen molar-refractivity contribution in [3.05, 3.63) is 7.43 Å². The van der Waals surface area contributed by atoms with E-state index in [9.17, 15) is 0 Å². The molecule has 0 aliphatic carbocycles. The van der Waals surface area contributed by atoms with Gasteiger partial charge in [0.25, 0.3) is 0 Å².